The maximum Gasteiger partial charge on any atom is 0.224 e. The summed E-state index contributed by atoms with van der Waals surface area (Å²) in [6.07, 6.45) is 2.86. The van der Waals surface area contributed by atoms with Crippen LogP contribution in [0.15, 0.2) is 42.6 Å². The highest BCUT2D eigenvalue weighted by Crippen LogP contribution is 2.27. The average molecular weight is 367 g/mol. The van der Waals surface area contributed by atoms with Gasteiger partial charge in [-0.3, -0.25) is 4.79 Å². The van der Waals surface area contributed by atoms with Crippen molar-refractivity contribution in [1.29, 1.82) is 0 Å². The lowest BCUT2D eigenvalue weighted by Gasteiger charge is -2.07. The van der Waals surface area contributed by atoms with Crippen LogP contribution in [0.4, 0.5) is 4.39 Å². The molecule has 1 aliphatic rings. The van der Waals surface area contributed by atoms with Crippen molar-refractivity contribution >= 4 is 16.9 Å². The van der Waals surface area contributed by atoms with Gasteiger partial charge in [0, 0.05) is 30.6 Å². The summed E-state index contributed by atoms with van der Waals surface area (Å²) in [5.74, 6) is -0.164. The molecule has 0 bridgehead atoms. The minimum absolute atomic E-state index is 0.0315. The van der Waals surface area contributed by atoms with E-state index in [4.69, 9.17) is 5.10 Å². The molecule has 1 saturated heterocycles. The number of benzene rings is 1. The summed E-state index contributed by atoms with van der Waals surface area (Å²) in [7, 11) is 0. The molecule has 2 aromatic heterocycles. The summed E-state index contributed by atoms with van der Waals surface area (Å²) in [6.45, 7) is 2.88. The van der Waals surface area contributed by atoms with Gasteiger partial charge in [0.1, 0.15) is 5.82 Å². The minimum atomic E-state index is -0.357. The number of hydrogen-bond donors (Lipinski definition) is 2. The van der Waals surface area contributed by atoms with Crippen molar-refractivity contribution in [3.8, 4) is 0 Å². The molecule has 0 radical (unpaired) electrons. The molecule has 1 amide bonds. The van der Waals surface area contributed by atoms with E-state index in [0.717, 1.165) is 36.2 Å². The highest BCUT2D eigenvalue weighted by Gasteiger charge is 2.23. The van der Waals surface area contributed by atoms with E-state index in [1.807, 2.05) is 10.7 Å². The van der Waals surface area contributed by atoms with Crippen LogP contribution in [-0.2, 0) is 17.8 Å². The highest BCUT2D eigenvalue weighted by atomic mass is 19.1. The fourth-order valence-electron chi connectivity index (χ4n) is 3.56. The Morgan fingerprint density at radius 2 is 2.19 bits per heavy atom. The lowest BCUT2D eigenvalue weighted by molar-refractivity contribution is -0.120. The van der Waals surface area contributed by atoms with Gasteiger partial charge >= 0.3 is 0 Å². The summed E-state index contributed by atoms with van der Waals surface area (Å²) >= 11 is 0. The molecule has 1 aromatic carbocycles. The highest BCUT2D eigenvalue weighted by molar-refractivity contribution is 5.79. The Labute approximate surface area is 156 Å². The molecule has 0 saturated carbocycles. The van der Waals surface area contributed by atoms with E-state index in [9.17, 15) is 9.18 Å². The summed E-state index contributed by atoms with van der Waals surface area (Å²) in [5.41, 5.74) is 2.31. The number of nitrogens with zero attached hydrogens (tertiary/aromatic N) is 3. The number of carbonyl (C=O) groups excluding carboxylic acids is 1. The number of carbonyl (C=O) groups is 1. The third-order valence-corrected chi connectivity index (χ3v) is 4.94. The van der Waals surface area contributed by atoms with Crippen LogP contribution < -0.4 is 10.6 Å². The number of pyridine rings is 1. The van der Waals surface area contributed by atoms with Crippen molar-refractivity contribution in [3.63, 3.8) is 0 Å². The number of fused-ring (bicyclic) bond motifs is 1. The molecule has 4 rings (SSSR count). The second-order valence-corrected chi connectivity index (χ2v) is 6.79. The van der Waals surface area contributed by atoms with Gasteiger partial charge in [0.15, 0.2) is 5.65 Å². The number of halogens is 1. The van der Waals surface area contributed by atoms with Crippen LogP contribution in [0.3, 0.4) is 0 Å². The van der Waals surface area contributed by atoms with Crippen LogP contribution >= 0.6 is 0 Å². The van der Waals surface area contributed by atoms with E-state index in [0.29, 0.717) is 24.6 Å². The minimum Gasteiger partial charge on any atom is -0.354 e. The zero-order valence-electron chi connectivity index (χ0n) is 15.0. The van der Waals surface area contributed by atoms with E-state index in [1.54, 1.807) is 24.4 Å². The van der Waals surface area contributed by atoms with Crippen molar-refractivity contribution in [2.24, 2.45) is 0 Å². The first-order chi connectivity index (χ1) is 13.2. The molecule has 7 heteroatoms. The molecule has 1 atom stereocenters. The third-order valence-electron chi connectivity index (χ3n) is 4.94. The van der Waals surface area contributed by atoms with Crippen LogP contribution in [0.2, 0.25) is 0 Å². The zero-order chi connectivity index (χ0) is 18.6. The fraction of sp³-hybridized carbons (Fsp3) is 0.350. The molecule has 0 aliphatic carbocycles. The van der Waals surface area contributed by atoms with Crippen molar-refractivity contribution in [1.82, 2.24) is 25.4 Å². The van der Waals surface area contributed by atoms with Gasteiger partial charge in [-0.2, -0.15) is 5.10 Å². The van der Waals surface area contributed by atoms with Crippen LogP contribution in [-0.4, -0.2) is 40.3 Å². The van der Waals surface area contributed by atoms with Crippen LogP contribution in [0.1, 0.15) is 23.6 Å². The summed E-state index contributed by atoms with van der Waals surface area (Å²) in [5, 5.41) is 12.1. The van der Waals surface area contributed by atoms with Crippen LogP contribution in [0, 0.1) is 5.82 Å². The maximum absolute atomic E-state index is 13.7. The molecule has 3 aromatic rings. The SMILES string of the molecule is O=C(Cc1ccccc1F)NCCn1nc([C@@H]2CCNC2)c2cccnc21. The predicted octanol–water partition coefficient (Wildman–Crippen LogP) is 2.01. The van der Waals surface area contributed by atoms with E-state index in [-0.39, 0.29) is 18.1 Å². The van der Waals surface area contributed by atoms with Crippen LogP contribution in [0.25, 0.3) is 11.0 Å². The number of rotatable bonds is 6. The van der Waals surface area contributed by atoms with E-state index >= 15 is 0 Å². The standard InChI is InChI=1S/C20H22FN5O/c21-17-6-2-1-4-14(17)12-18(27)23-10-11-26-20-16(5-3-8-24-20)19(25-26)15-7-9-22-13-15/h1-6,8,15,22H,7,9-13H2,(H,23,27)/t15-/m1/s1. The lowest BCUT2D eigenvalue weighted by atomic mass is 10.0. The van der Waals surface area contributed by atoms with Gasteiger partial charge in [-0.05, 0) is 36.7 Å². The first-order valence-electron chi connectivity index (χ1n) is 9.24. The van der Waals surface area contributed by atoms with Crippen molar-refractivity contribution < 1.29 is 9.18 Å². The second kappa shape index (κ2) is 7.84. The molecule has 1 aliphatic heterocycles. The third kappa shape index (κ3) is 3.83. The molecule has 1 fully saturated rings. The summed E-state index contributed by atoms with van der Waals surface area (Å²) in [6, 6.07) is 10.3. The van der Waals surface area contributed by atoms with Crippen molar-refractivity contribution in [2.45, 2.75) is 25.3 Å². The first-order valence-corrected chi connectivity index (χ1v) is 9.24. The number of amides is 1. The van der Waals surface area contributed by atoms with E-state index < -0.39 is 0 Å². The Kier molecular flexibility index (Phi) is 5.11. The average Bonchev–Trinajstić information content (AvgIpc) is 3.32. The summed E-state index contributed by atoms with van der Waals surface area (Å²) < 4.78 is 15.5. The summed E-state index contributed by atoms with van der Waals surface area (Å²) in [4.78, 5) is 16.6. The van der Waals surface area contributed by atoms with E-state index in [1.165, 1.54) is 6.07 Å². The number of hydrogen-bond acceptors (Lipinski definition) is 4. The normalized spacial score (nSPS) is 16.7. The molecule has 0 unspecified atom stereocenters. The Morgan fingerprint density at radius 1 is 1.30 bits per heavy atom. The zero-order valence-corrected chi connectivity index (χ0v) is 15.0. The van der Waals surface area contributed by atoms with Gasteiger partial charge in [0.25, 0.3) is 0 Å². The molecule has 0 spiro atoms. The quantitative estimate of drug-likeness (QED) is 0.699. The molecule has 140 valence electrons. The predicted molar refractivity (Wildman–Crippen MR) is 101 cm³/mol. The maximum atomic E-state index is 13.7. The molecular weight excluding hydrogens is 345 g/mol. The smallest absolute Gasteiger partial charge is 0.224 e. The largest absolute Gasteiger partial charge is 0.354 e. The first kappa shape index (κ1) is 17.6. The Morgan fingerprint density at radius 3 is 3.00 bits per heavy atom. The van der Waals surface area contributed by atoms with Gasteiger partial charge in [0.05, 0.1) is 18.7 Å². The molecule has 2 N–H and O–H groups in total. The molecular formula is C20H22FN5O. The Hall–Kier alpha value is -2.80. The molecule has 3 heterocycles. The van der Waals surface area contributed by atoms with Crippen molar-refractivity contribution in [3.05, 3.63) is 59.7 Å². The van der Waals surface area contributed by atoms with Gasteiger partial charge < -0.3 is 10.6 Å². The monoisotopic (exact) mass is 367 g/mol. The number of nitrogens with one attached hydrogen (secondary N) is 2. The van der Waals surface area contributed by atoms with Gasteiger partial charge in [-0.15, -0.1) is 0 Å². The van der Waals surface area contributed by atoms with E-state index in [2.05, 4.69) is 21.7 Å². The number of aromatic nitrogens is 3. The second-order valence-electron chi connectivity index (χ2n) is 6.79. The fourth-order valence-corrected chi connectivity index (χ4v) is 3.56. The van der Waals surface area contributed by atoms with Gasteiger partial charge in [-0.25, -0.2) is 14.1 Å². The Balaban J connectivity index is 1.42. The molecule has 27 heavy (non-hydrogen) atoms. The van der Waals surface area contributed by atoms with Gasteiger partial charge in [0.2, 0.25) is 5.91 Å². The van der Waals surface area contributed by atoms with Crippen LogP contribution in [0.5, 0.6) is 0 Å². The lowest BCUT2D eigenvalue weighted by Crippen LogP contribution is -2.29. The topological polar surface area (TPSA) is 71.8 Å². The Bertz CT molecular complexity index is 948. The van der Waals surface area contributed by atoms with Gasteiger partial charge in [-0.1, -0.05) is 18.2 Å². The molecule has 6 nitrogen and oxygen atoms in total. The van der Waals surface area contributed by atoms with Crippen molar-refractivity contribution in [2.75, 3.05) is 19.6 Å².